The fraction of sp³-hybridized carbons (Fsp3) is 1.00. The van der Waals surface area contributed by atoms with Crippen molar-refractivity contribution in [1.29, 1.82) is 0 Å². The Kier molecular flexibility index (Phi) is 6.74. The number of hydrogen-bond acceptors (Lipinski definition) is 1. The molecule has 0 rings (SSSR count). The van der Waals surface area contributed by atoms with Crippen LogP contribution in [-0.4, -0.2) is 27.8 Å². The van der Waals surface area contributed by atoms with Crippen molar-refractivity contribution in [2.24, 2.45) is 0 Å². The molecule has 0 amide bonds. The fourth-order valence-corrected chi connectivity index (χ4v) is 1.68. The first kappa shape index (κ1) is 13.8. The second-order valence-corrected chi connectivity index (χ2v) is 5.19. The molecular formula is C9H18Cl3N. The van der Waals surface area contributed by atoms with Gasteiger partial charge < -0.3 is 0 Å². The van der Waals surface area contributed by atoms with E-state index in [4.69, 9.17) is 34.8 Å². The molecule has 0 spiro atoms. The Labute approximate surface area is 96.3 Å². The van der Waals surface area contributed by atoms with Gasteiger partial charge in [-0.05, 0) is 19.8 Å². The van der Waals surface area contributed by atoms with E-state index in [1.165, 1.54) is 0 Å². The normalized spacial score (nSPS) is 15.0. The second-order valence-electron chi connectivity index (χ2n) is 3.19. The van der Waals surface area contributed by atoms with Gasteiger partial charge in [-0.1, -0.05) is 37.0 Å². The van der Waals surface area contributed by atoms with Gasteiger partial charge in [0, 0.05) is 13.1 Å². The van der Waals surface area contributed by atoms with Crippen molar-refractivity contribution in [3.8, 4) is 0 Å². The van der Waals surface area contributed by atoms with Gasteiger partial charge in [0.1, 0.15) is 0 Å². The Morgan fingerprint density at radius 3 is 1.77 bits per heavy atom. The second kappa shape index (κ2) is 6.34. The molecule has 0 heterocycles. The van der Waals surface area contributed by atoms with Crippen molar-refractivity contribution in [3.63, 3.8) is 0 Å². The Morgan fingerprint density at radius 1 is 1.15 bits per heavy atom. The van der Waals surface area contributed by atoms with Crippen LogP contribution in [0.1, 0.15) is 33.6 Å². The highest BCUT2D eigenvalue weighted by Crippen LogP contribution is 2.33. The summed E-state index contributed by atoms with van der Waals surface area (Å²) in [6.45, 7) is 7.80. The lowest BCUT2D eigenvalue weighted by atomic mass is 10.3. The molecule has 1 unspecified atom stereocenters. The lowest BCUT2D eigenvalue weighted by Gasteiger charge is -2.35. The molecule has 0 aliphatic carbocycles. The molecule has 0 saturated carbocycles. The molecule has 0 aromatic heterocycles. The SMILES string of the molecule is CCCN(CCC)C(Cl)(Cl)C(C)Cl. The summed E-state index contributed by atoms with van der Waals surface area (Å²) in [7, 11) is 0. The first-order valence-electron chi connectivity index (χ1n) is 4.73. The van der Waals surface area contributed by atoms with Crippen LogP contribution in [0.2, 0.25) is 0 Å². The lowest BCUT2D eigenvalue weighted by Crippen LogP contribution is -2.46. The van der Waals surface area contributed by atoms with Gasteiger partial charge in [0.2, 0.25) is 0 Å². The van der Waals surface area contributed by atoms with Gasteiger partial charge >= 0.3 is 0 Å². The molecule has 0 radical (unpaired) electrons. The molecule has 80 valence electrons. The van der Waals surface area contributed by atoms with E-state index in [2.05, 4.69) is 13.8 Å². The Balaban J connectivity index is 4.31. The van der Waals surface area contributed by atoms with Crippen molar-refractivity contribution in [2.45, 2.75) is 43.4 Å². The van der Waals surface area contributed by atoms with Crippen LogP contribution in [0.15, 0.2) is 0 Å². The molecule has 0 aliphatic heterocycles. The Hall–Kier alpha value is 0.830. The summed E-state index contributed by atoms with van der Waals surface area (Å²) in [5, 5.41) is -0.270. The van der Waals surface area contributed by atoms with E-state index in [0.717, 1.165) is 25.9 Å². The van der Waals surface area contributed by atoms with Gasteiger partial charge in [0.25, 0.3) is 0 Å². The fourth-order valence-electron chi connectivity index (χ4n) is 1.20. The number of rotatable bonds is 6. The molecule has 0 N–H and O–H groups in total. The molecule has 0 bridgehead atoms. The number of nitrogens with zero attached hydrogens (tertiary/aromatic N) is 1. The zero-order valence-corrected chi connectivity index (χ0v) is 10.8. The van der Waals surface area contributed by atoms with Crippen molar-refractivity contribution in [1.82, 2.24) is 4.90 Å². The molecule has 1 atom stereocenters. The van der Waals surface area contributed by atoms with Gasteiger partial charge in [-0.2, -0.15) is 0 Å². The van der Waals surface area contributed by atoms with Gasteiger partial charge in [0.05, 0.1) is 5.38 Å². The Bertz CT molecular complexity index is 131. The standard InChI is InChI=1S/C9H18Cl3N/c1-4-6-13(7-5-2)9(11,12)8(3)10/h8H,4-7H2,1-3H3. The summed E-state index contributed by atoms with van der Waals surface area (Å²) >= 11 is 18.2. The van der Waals surface area contributed by atoms with Crippen LogP contribution in [-0.2, 0) is 0 Å². The summed E-state index contributed by atoms with van der Waals surface area (Å²) in [6, 6.07) is 0. The smallest absolute Gasteiger partial charge is 0.187 e. The van der Waals surface area contributed by atoms with E-state index in [0.29, 0.717) is 0 Å². The third-order valence-electron chi connectivity index (χ3n) is 1.89. The highest BCUT2D eigenvalue weighted by atomic mass is 35.5. The summed E-state index contributed by atoms with van der Waals surface area (Å²) in [5.74, 6) is 0. The molecule has 0 fully saturated rings. The predicted molar refractivity (Wildman–Crippen MR) is 61.9 cm³/mol. The third kappa shape index (κ3) is 4.24. The van der Waals surface area contributed by atoms with E-state index >= 15 is 0 Å². The third-order valence-corrected chi connectivity index (χ3v) is 3.56. The quantitative estimate of drug-likeness (QED) is 0.508. The van der Waals surface area contributed by atoms with Crippen molar-refractivity contribution in [3.05, 3.63) is 0 Å². The highest BCUT2D eigenvalue weighted by molar-refractivity contribution is 6.51. The molecule has 0 saturated heterocycles. The maximum atomic E-state index is 6.15. The van der Waals surface area contributed by atoms with E-state index < -0.39 is 4.46 Å². The summed E-state index contributed by atoms with van der Waals surface area (Å²) in [4.78, 5) is 2.02. The van der Waals surface area contributed by atoms with Gasteiger partial charge in [-0.3, -0.25) is 4.90 Å². The summed E-state index contributed by atoms with van der Waals surface area (Å²) in [5.41, 5.74) is 0. The van der Waals surface area contributed by atoms with Crippen LogP contribution in [0, 0.1) is 0 Å². The average Bonchev–Trinajstić information content (AvgIpc) is 2.03. The minimum Gasteiger partial charge on any atom is -0.271 e. The van der Waals surface area contributed by atoms with Crippen LogP contribution in [0.5, 0.6) is 0 Å². The topological polar surface area (TPSA) is 3.24 Å². The van der Waals surface area contributed by atoms with E-state index in [9.17, 15) is 0 Å². The lowest BCUT2D eigenvalue weighted by molar-refractivity contribution is 0.221. The van der Waals surface area contributed by atoms with Crippen LogP contribution < -0.4 is 0 Å². The molecule has 0 aromatic carbocycles. The zero-order chi connectivity index (χ0) is 10.5. The zero-order valence-electron chi connectivity index (χ0n) is 8.49. The molecule has 1 nitrogen and oxygen atoms in total. The Morgan fingerprint density at radius 2 is 1.54 bits per heavy atom. The molecule has 0 aromatic rings. The minimum atomic E-state index is -0.937. The van der Waals surface area contributed by atoms with Crippen molar-refractivity contribution < 1.29 is 0 Å². The van der Waals surface area contributed by atoms with E-state index in [1.54, 1.807) is 0 Å². The maximum absolute atomic E-state index is 6.15. The van der Waals surface area contributed by atoms with Crippen molar-refractivity contribution in [2.75, 3.05) is 13.1 Å². The van der Waals surface area contributed by atoms with Gasteiger partial charge in [-0.25, -0.2) is 0 Å². The molecule has 0 aliphatic rings. The number of halogens is 3. The molecule has 4 heteroatoms. The first-order chi connectivity index (χ1) is 5.96. The highest BCUT2D eigenvalue weighted by Gasteiger charge is 2.36. The first-order valence-corrected chi connectivity index (χ1v) is 5.92. The van der Waals surface area contributed by atoms with Gasteiger partial charge in [-0.15, -0.1) is 11.6 Å². The maximum Gasteiger partial charge on any atom is 0.187 e. The van der Waals surface area contributed by atoms with Gasteiger partial charge in [0.15, 0.2) is 4.46 Å². The monoisotopic (exact) mass is 245 g/mol. The largest absolute Gasteiger partial charge is 0.271 e. The van der Waals surface area contributed by atoms with Crippen LogP contribution in [0.3, 0.4) is 0 Å². The van der Waals surface area contributed by atoms with E-state index in [1.807, 2.05) is 11.8 Å². The summed E-state index contributed by atoms with van der Waals surface area (Å²) < 4.78 is -0.937. The number of hydrogen-bond donors (Lipinski definition) is 0. The van der Waals surface area contributed by atoms with Crippen molar-refractivity contribution >= 4 is 34.8 Å². The molecule has 13 heavy (non-hydrogen) atoms. The van der Waals surface area contributed by atoms with Crippen LogP contribution in [0.4, 0.5) is 0 Å². The minimum absolute atomic E-state index is 0.270. The molecular weight excluding hydrogens is 228 g/mol. The van der Waals surface area contributed by atoms with Crippen LogP contribution in [0.25, 0.3) is 0 Å². The van der Waals surface area contributed by atoms with Crippen LogP contribution >= 0.6 is 34.8 Å². The van der Waals surface area contributed by atoms with E-state index in [-0.39, 0.29) is 5.38 Å². The average molecular weight is 247 g/mol. The summed E-state index contributed by atoms with van der Waals surface area (Å²) in [6.07, 6.45) is 2.07. The predicted octanol–water partition coefficient (Wildman–Crippen LogP) is 3.87. The number of alkyl halides is 3.